The number of nitrogens with zero attached hydrogens (tertiary/aromatic N) is 1. The molecule has 1 aromatic carbocycles. The molecule has 2 unspecified atom stereocenters. The van der Waals surface area contributed by atoms with Gasteiger partial charge in [0.2, 0.25) is 11.8 Å². The van der Waals surface area contributed by atoms with Crippen molar-refractivity contribution in [2.45, 2.75) is 55.8 Å². The molecule has 28 heavy (non-hydrogen) atoms. The number of carbonyl (C=O) groups excluding carboxylic acids is 2. The lowest BCUT2D eigenvalue weighted by atomic mass is 10.1. The number of benzene rings is 1. The Morgan fingerprint density at radius 3 is 2.75 bits per heavy atom. The molecule has 3 rings (SSSR count). The molecule has 1 aromatic heterocycles. The number of thiophene rings is 1. The second kappa shape index (κ2) is 9.81. The van der Waals surface area contributed by atoms with Gasteiger partial charge >= 0.3 is 0 Å². The Bertz CT molecular complexity index is 822. The van der Waals surface area contributed by atoms with Crippen molar-refractivity contribution in [2.24, 2.45) is 0 Å². The average Bonchev–Trinajstić information content (AvgIpc) is 3.16. The van der Waals surface area contributed by atoms with Crippen molar-refractivity contribution >= 4 is 46.5 Å². The molecule has 0 saturated carbocycles. The molecule has 0 fully saturated rings. The number of hydrogen-bond acceptors (Lipinski definition) is 4. The first-order valence-electron chi connectivity index (χ1n) is 9.54. The summed E-state index contributed by atoms with van der Waals surface area (Å²) in [5, 5.41) is 5.45. The van der Waals surface area contributed by atoms with Crippen LogP contribution in [0, 0.1) is 0 Å². The van der Waals surface area contributed by atoms with Crippen molar-refractivity contribution in [1.29, 1.82) is 0 Å². The Balaban J connectivity index is 1.60. The lowest BCUT2D eigenvalue weighted by molar-refractivity contribution is -0.137. The SMILES string of the molecule is CCCC(NC(=O)C(C)Sc1ccc(Cl)cc1)C(=O)N1CCc2sccc2C1. The molecule has 2 heterocycles. The Morgan fingerprint density at radius 1 is 1.29 bits per heavy atom. The molecule has 1 N–H and O–H groups in total. The fourth-order valence-electron chi connectivity index (χ4n) is 3.26. The number of carbonyl (C=O) groups is 2. The van der Waals surface area contributed by atoms with Gasteiger partial charge in [-0.2, -0.15) is 0 Å². The van der Waals surface area contributed by atoms with Crippen molar-refractivity contribution < 1.29 is 9.59 Å². The van der Waals surface area contributed by atoms with Crippen LogP contribution in [0.25, 0.3) is 0 Å². The number of fused-ring (bicyclic) bond motifs is 1. The van der Waals surface area contributed by atoms with Crippen LogP contribution in [0.1, 0.15) is 37.1 Å². The predicted octanol–water partition coefficient (Wildman–Crippen LogP) is 4.75. The van der Waals surface area contributed by atoms with Gasteiger partial charge in [-0.25, -0.2) is 0 Å². The third-order valence-corrected chi connectivity index (χ3v) is 7.19. The molecule has 0 aliphatic carbocycles. The van der Waals surface area contributed by atoms with Crippen molar-refractivity contribution in [3.8, 4) is 0 Å². The Morgan fingerprint density at radius 2 is 2.04 bits per heavy atom. The highest BCUT2D eigenvalue weighted by molar-refractivity contribution is 8.00. The van der Waals surface area contributed by atoms with Crippen LogP contribution in [-0.4, -0.2) is 34.6 Å². The molecule has 1 aliphatic heterocycles. The van der Waals surface area contributed by atoms with Crippen molar-refractivity contribution in [3.63, 3.8) is 0 Å². The van der Waals surface area contributed by atoms with Crippen molar-refractivity contribution in [2.75, 3.05) is 6.54 Å². The summed E-state index contributed by atoms with van der Waals surface area (Å²) in [6.07, 6.45) is 2.39. The van der Waals surface area contributed by atoms with Gasteiger partial charge in [0.15, 0.2) is 0 Å². The van der Waals surface area contributed by atoms with Crippen LogP contribution in [0.3, 0.4) is 0 Å². The van der Waals surface area contributed by atoms with E-state index in [9.17, 15) is 9.59 Å². The van der Waals surface area contributed by atoms with Gasteiger partial charge < -0.3 is 10.2 Å². The minimum absolute atomic E-state index is 0.0238. The van der Waals surface area contributed by atoms with Crippen LogP contribution in [0.5, 0.6) is 0 Å². The van der Waals surface area contributed by atoms with Crippen molar-refractivity contribution in [3.05, 3.63) is 51.2 Å². The topological polar surface area (TPSA) is 49.4 Å². The van der Waals surface area contributed by atoms with Gasteiger partial charge in [-0.1, -0.05) is 24.9 Å². The number of nitrogens with one attached hydrogen (secondary N) is 1. The number of rotatable bonds is 7. The van der Waals surface area contributed by atoms with E-state index in [0.29, 0.717) is 18.0 Å². The van der Waals surface area contributed by atoms with Gasteiger partial charge in [0, 0.05) is 27.9 Å². The molecule has 7 heteroatoms. The summed E-state index contributed by atoms with van der Waals surface area (Å²) < 4.78 is 0. The predicted molar refractivity (Wildman–Crippen MR) is 117 cm³/mol. The quantitative estimate of drug-likeness (QED) is 0.637. The van der Waals surface area contributed by atoms with Gasteiger partial charge in [0.25, 0.3) is 0 Å². The zero-order valence-electron chi connectivity index (χ0n) is 16.1. The molecular weight excluding hydrogens is 412 g/mol. The first-order valence-corrected chi connectivity index (χ1v) is 11.7. The molecule has 0 spiro atoms. The monoisotopic (exact) mass is 436 g/mol. The first kappa shape index (κ1) is 21.2. The van der Waals surface area contributed by atoms with E-state index in [1.54, 1.807) is 11.3 Å². The molecule has 4 nitrogen and oxygen atoms in total. The van der Waals surface area contributed by atoms with E-state index in [4.69, 9.17) is 11.6 Å². The first-order chi connectivity index (χ1) is 13.5. The maximum Gasteiger partial charge on any atom is 0.245 e. The molecule has 150 valence electrons. The van der Waals surface area contributed by atoms with E-state index < -0.39 is 6.04 Å². The molecule has 0 saturated heterocycles. The average molecular weight is 437 g/mol. The lowest BCUT2D eigenvalue weighted by Crippen LogP contribution is -2.51. The molecule has 2 amide bonds. The number of hydrogen-bond donors (Lipinski definition) is 1. The Hall–Kier alpha value is -1.50. The van der Waals surface area contributed by atoms with Crippen molar-refractivity contribution in [1.82, 2.24) is 10.2 Å². The summed E-state index contributed by atoms with van der Waals surface area (Å²) in [6, 6.07) is 9.05. The second-order valence-electron chi connectivity index (χ2n) is 6.94. The normalized spacial score (nSPS) is 15.6. The maximum absolute atomic E-state index is 13.1. The standard InChI is InChI=1S/C21H25ClN2O2S2/c1-3-4-18(21(26)24-11-9-19-15(13-24)10-12-27-19)23-20(25)14(2)28-17-7-5-16(22)6-8-17/h5-8,10,12,14,18H,3-4,9,11,13H2,1-2H3,(H,23,25). The third kappa shape index (κ3) is 5.31. The highest BCUT2D eigenvalue weighted by Crippen LogP contribution is 2.26. The van der Waals surface area contributed by atoms with Gasteiger partial charge in [0.05, 0.1) is 5.25 Å². The van der Waals surface area contributed by atoms with Gasteiger partial charge in [-0.15, -0.1) is 23.1 Å². The largest absolute Gasteiger partial charge is 0.343 e. The van der Waals surface area contributed by atoms with E-state index in [1.165, 1.54) is 22.2 Å². The van der Waals surface area contributed by atoms with E-state index in [2.05, 4.69) is 16.8 Å². The third-order valence-electron chi connectivity index (χ3n) is 4.81. The number of thioether (sulfide) groups is 1. The summed E-state index contributed by atoms with van der Waals surface area (Å²) >= 11 is 9.14. The minimum atomic E-state index is -0.467. The van der Waals surface area contributed by atoms with Crippen LogP contribution in [0.2, 0.25) is 5.02 Å². The zero-order valence-corrected chi connectivity index (χ0v) is 18.5. The lowest BCUT2D eigenvalue weighted by Gasteiger charge is -2.31. The summed E-state index contributed by atoms with van der Waals surface area (Å²) in [7, 11) is 0. The maximum atomic E-state index is 13.1. The van der Waals surface area contributed by atoms with Crippen LogP contribution in [0.15, 0.2) is 40.6 Å². The highest BCUT2D eigenvalue weighted by Gasteiger charge is 2.29. The number of halogens is 1. The summed E-state index contributed by atoms with van der Waals surface area (Å²) in [4.78, 5) is 30.0. The summed E-state index contributed by atoms with van der Waals surface area (Å²) in [6.45, 7) is 5.26. The minimum Gasteiger partial charge on any atom is -0.343 e. The van der Waals surface area contributed by atoms with E-state index in [-0.39, 0.29) is 17.1 Å². The van der Waals surface area contributed by atoms with Crippen LogP contribution >= 0.6 is 34.7 Å². The molecule has 2 aromatic rings. The smallest absolute Gasteiger partial charge is 0.245 e. The fourth-order valence-corrected chi connectivity index (χ4v) is 5.16. The van der Waals surface area contributed by atoms with Crippen LogP contribution < -0.4 is 5.32 Å². The number of amides is 2. The molecule has 1 aliphatic rings. The summed E-state index contributed by atoms with van der Waals surface area (Å²) in [5.41, 5.74) is 1.23. The fraction of sp³-hybridized carbons (Fsp3) is 0.429. The van der Waals surface area contributed by atoms with E-state index in [0.717, 1.165) is 24.3 Å². The van der Waals surface area contributed by atoms with Gasteiger partial charge in [-0.3, -0.25) is 9.59 Å². The van der Waals surface area contributed by atoms with Crippen LogP contribution in [-0.2, 0) is 22.6 Å². The molecular formula is C21H25ClN2O2S2. The van der Waals surface area contributed by atoms with Gasteiger partial charge in [-0.05, 0) is 61.0 Å². The van der Waals surface area contributed by atoms with E-state index >= 15 is 0 Å². The highest BCUT2D eigenvalue weighted by atomic mass is 35.5. The van der Waals surface area contributed by atoms with Crippen LogP contribution in [0.4, 0.5) is 0 Å². The zero-order chi connectivity index (χ0) is 20.1. The molecule has 2 atom stereocenters. The Labute approximate surface area is 179 Å². The second-order valence-corrected chi connectivity index (χ2v) is 9.79. The molecule has 0 bridgehead atoms. The van der Waals surface area contributed by atoms with E-state index in [1.807, 2.05) is 43.0 Å². The summed E-state index contributed by atoms with van der Waals surface area (Å²) in [5.74, 6) is -0.0873. The Kier molecular flexibility index (Phi) is 7.43. The van der Waals surface area contributed by atoms with Gasteiger partial charge in [0.1, 0.15) is 6.04 Å². The molecule has 0 radical (unpaired) electrons.